The number of fused-ring (bicyclic) bond motifs is 12. The molecule has 4 aromatic carbocycles. The van der Waals surface area contributed by atoms with E-state index in [-0.39, 0.29) is 0 Å². The van der Waals surface area contributed by atoms with Crippen LogP contribution in [0.25, 0.3) is 65.4 Å². The van der Waals surface area contributed by atoms with Crippen molar-refractivity contribution in [2.75, 3.05) is 21.3 Å². The minimum absolute atomic E-state index is 0.848. The van der Waals surface area contributed by atoms with E-state index in [0.29, 0.717) is 0 Å². The van der Waals surface area contributed by atoms with Crippen molar-refractivity contribution in [2.24, 2.45) is 21.1 Å². The van der Waals surface area contributed by atoms with Gasteiger partial charge in [-0.1, -0.05) is 0 Å². The fraction of sp³-hybridized carbons (Fsp3) is 0.200. The molecule has 3 heterocycles. The van der Waals surface area contributed by atoms with Gasteiger partial charge in [0.25, 0.3) is 0 Å². The molecule has 0 aliphatic carbocycles. The van der Waals surface area contributed by atoms with Crippen LogP contribution >= 0.6 is 0 Å². The van der Waals surface area contributed by atoms with Gasteiger partial charge in [0.15, 0.2) is 0 Å². The lowest BCUT2D eigenvalue weighted by Gasteiger charge is -2.07. The first-order valence-corrected chi connectivity index (χ1v) is 12.0. The van der Waals surface area contributed by atoms with E-state index in [9.17, 15) is 0 Å². The summed E-state index contributed by atoms with van der Waals surface area (Å²) in [6.07, 6.45) is 0. The van der Waals surface area contributed by atoms with Crippen LogP contribution in [0.1, 0.15) is 0 Å². The van der Waals surface area contributed by atoms with Crippen molar-refractivity contribution < 1.29 is 14.2 Å². The lowest BCUT2D eigenvalue weighted by atomic mass is 10.0. The molecular formula is C30H27N3O3. The normalized spacial score (nSPS) is 12.2. The Bertz CT molecular complexity index is 2040. The Morgan fingerprint density at radius 3 is 1.19 bits per heavy atom. The van der Waals surface area contributed by atoms with E-state index in [1.54, 1.807) is 21.3 Å². The third-order valence-corrected chi connectivity index (χ3v) is 7.93. The molecule has 0 saturated heterocycles. The highest BCUT2D eigenvalue weighted by molar-refractivity contribution is 6.39. The Morgan fingerprint density at radius 1 is 0.444 bits per heavy atom. The van der Waals surface area contributed by atoms with Crippen molar-refractivity contribution in [3.8, 4) is 17.2 Å². The topological polar surface area (TPSA) is 42.5 Å². The summed E-state index contributed by atoms with van der Waals surface area (Å²) in [6, 6.07) is 19.1. The second-order valence-electron chi connectivity index (χ2n) is 9.50. The fourth-order valence-electron chi connectivity index (χ4n) is 6.24. The van der Waals surface area contributed by atoms with Gasteiger partial charge in [0, 0.05) is 70.0 Å². The Balaban J connectivity index is 1.91. The standard InChI is InChI=1S/C30H27N3O3/c1-31-22-10-7-16(34-4)13-19(22)25-26-20-14-17(35-5)8-11-23(20)32(2)29(26)30-27(28(25)31)21-15-18(36-6)9-12-24(21)33(30)3/h7-15H,1-6H3. The molecular weight excluding hydrogens is 450 g/mol. The molecule has 6 nitrogen and oxygen atoms in total. The number of methoxy groups -OCH3 is 3. The van der Waals surface area contributed by atoms with Gasteiger partial charge in [-0.25, -0.2) is 0 Å². The van der Waals surface area contributed by atoms with Crippen molar-refractivity contribution >= 4 is 65.4 Å². The molecule has 7 rings (SSSR count). The third kappa shape index (κ3) is 2.41. The molecule has 0 saturated carbocycles. The zero-order valence-corrected chi connectivity index (χ0v) is 21.3. The average molecular weight is 478 g/mol. The van der Waals surface area contributed by atoms with Crippen molar-refractivity contribution in [2.45, 2.75) is 0 Å². The van der Waals surface area contributed by atoms with E-state index in [1.165, 1.54) is 65.4 Å². The Morgan fingerprint density at radius 2 is 0.778 bits per heavy atom. The molecule has 0 atom stereocenters. The number of aryl methyl sites for hydroxylation is 3. The maximum atomic E-state index is 5.66. The molecule has 0 N–H and O–H groups in total. The van der Waals surface area contributed by atoms with Gasteiger partial charge >= 0.3 is 0 Å². The molecule has 0 aliphatic rings. The monoisotopic (exact) mass is 477 g/mol. The average Bonchev–Trinajstić information content (AvgIpc) is 3.48. The van der Waals surface area contributed by atoms with Gasteiger partial charge in [0.1, 0.15) is 17.2 Å². The molecule has 0 unspecified atom stereocenters. The van der Waals surface area contributed by atoms with E-state index >= 15 is 0 Å². The smallest absolute Gasteiger partial charge is 0.119 e. The van der Waals surface area contributed by atoms with Crippen LogP contribution < -0.4 is 14.2 Å². The second kappa shape index (κ2) is 7.10. The van der Waals surface area contributed by atoms with Crippen LogP contribution in [0.5, 0.6) is 17.2 Å². The van der Waals surface area contributed by atoms with Crippen molar-refractivity contribution in [3.63, 3.8) is 0 Å². The lowest BCUT2D eigenvalue weighted by molar-refractivity contribution is 0.415. The maximum absolute atomic E-state index is 5.66. The zero-order valence-electron chi connectivity index (χ0n) is 21.3. The lowest BCUT2D eigenvalue weighted by Crippen LogP contribution is -1.94. The van der Waals surface area contributed by atoms with Crippen LogP contribution in [0.3, 0.4) is 0 Å². The van der Waals surface area contributed by atoms with Crippen molar-refractivity contribution in [3.05, 3.63) is 54.6 Å². The number of rotatable bonds is 3. The molecule has 0 bridgehead atoms. The first-order chi connectivity index (χ1) is 17.5. The molecule has 7 aromatic rings. The van der Waals surface area contributed by atoms with E-state index in [0.717, 1.165) is 17.2 Å². The predicted octanol–water partition coefficient (Wildman–Crippen LogP) is 6.65. The molecule has 0 aliphatic heterocycles. The first kappa shape index (κ1) is 21.0. The number of hydrogen-bond acceptors (Lipinski definition) is 3. The zero-order chi connectivity index (χ0) is 24.9. The largest absolute Gasteiger partial charge is 0.497 e. The summed E-state index contributed by atoms with van der Waals surface area (Å²) in [4.78, 5) is 0. The molecule has 36 heavy (non-hydrogen) atoms. The van der Waals surface area contributed by atoms with E-state index in [2.05, 4.69) is 71.2 Å². The summed E-state index contributed by atoms with van der Waals surface area (Å²) in [5.74, 6) is 2.55. The number of ether oxygens (including phenoxy) is 3. The van der Waals surface area contributed by atoms with Gasteiger partial charge in [-0.15, -0.1) is 0 Å². The van der Waals surface area contributed by atoms with E-state index in [4.69, 9.17) is 14.2 Å². The summed E-state index contributed by atoms with van der Waals surface area (Å²) in [7, 11) is 11.6. The minimum atomic E-state index is 0.848. The third-order valence-electron chi connectivity index (χ3n) is 7.93. The van der Waals surface area contributed by atoms with E-state index < -0.39 is 0 Å². The van der Waals surface area contributed by atoms with Crippen LogP contribution in [-0.2, 0) is 21.1 Å². The molecule has 180 valence electrons. The van der Waals surface area contributed by atoms with Gasteiger partial charge in [-0.3, -0.25) is 0 Å². The maximum Gasteiger partial charge on any atom is 0.119 e. The summed E-state index contributed by atoms with van der Waals surface area (Å²) in [5, 5.41) is 7.21. The van der Waals surface area contributed by atoms with Crippen LogP contribution in [0.4, 0.5) is 0 Å². The highest BCUT2D eigenvalue weighted by Gasteiger charge is 2.25. The van der Waals surface area contributed by atoms with Gasteiger partial charge in [0.2, 0.25) is 0 Å². The number of aromatic nitrogens is 3. The van der Waals surface area contributed by atoms with E-state index in [1.807, 2.05) is 18.2 Å². The van der Waals surface area contributed by atoms with Gasteiger partial charge in [-0.2, -0.15) is 0 Å². The summed E-state index contributed by atoms with van der Waals surface area (Å²) in [5.41, 5.74) is 7.12. The minimum Gasteiger partial charge on any atom is -0.497 e. The van der Waals surface area contributed by atoms with Crippen LogP contribution in [0, 0.1) is 0 Å². The first-order valence-electron chi connectivity index (χ1n) is 12.0. The summed E-state index contributed by atoms with van der Waals surface area (Å²) >= 11 is 0. The van der Waals surface area contributed by atoms with Crippen molar-refractivity contribution in [1.29, 1.82) is 0 Å². The van der Waals surface area contributed by atoms with Crippen LogP contribution in [-0.4, -0.2) is 35.0 Å². The number of benzene rings is 4. The molecule has 0 fully saturated rings. The predicted molar refractivity (Wildman–Crippen MR) is 148 cm³/mol. The van der Waals surface area contributed by atoms with Gasteiger partial charge < -0.3 is 27.9 Å². The summed E-state index contributed by atoms with van der Waals surface area (Å²) < 4.78 is 23.9. The summed E-state index contributed by atoms with van der Waals surface area (Å²) in [6.45, 7) is 0. The SMILES string of the molecule is COc1ccc2c(c1)c1c3c4cc(OC)ccc4n(C)c3c3c(c4cc(OC)ccc4n3C)c1n2C. The molecule has 0 spiro atoms. The van der Waals surface area contributed by atoms with Crippen LogP contribution in [0.2, 0.25) is 0 Å². The van der Waals surface area contributed by atoms with Crippen LogP contribution in [0.15, 0.2) is 54.6 Å². The highest BCUT2D eigenvalue weighted by atomic mass is 16.5. The molecule has 0 amide bonds. The quantitative estimate of drug-likeness (QED) is 0.286. The second-order valence-corrected chi connectivity index (χ2v) is 9.50. The Kier molecular flexibility index (Phi) is 4.14. The molecule has 3 aromatic heterocycles. The molecule has 0 radical (unpaired) electrons. The van der Waals surface area contributed by atoms with Crippen molar-refractivity contribution in [1.82, 2.24) is 13.7 Å². The number of nitrogens with zero attached hydrogens (tertiary/aromatic N) is 3. The Labute approximate surface area is 207 Å². The Hall–Kier alpha value is -4.32. The highest BCUT2D eigenvalue weighted by Crippen LogP contribution is 2.48. The van der Waals surface area contributed by atoms with Gasteiger partial charge in [0.05, 0.1) is 37.9 Å². The number of hydrogen-bond donors (Lipinski definition) is 0. The van der Waals surface area contributed by atoms with Gasteiger partial charge in [-0.05, 0) is 54.6 Å². The molecule has 6 heteroatoms. The fourth-order valence-corrected chi connectivity index (χ4v) is 6.24.